The molecule has 1 aliphatic heterocycles. The Labute approximate surface area is 111 Å². The van der Waals surface area contributed by atoms with Gasteiger partial charge in [-0.2, -0.15) is 5.26 Å². The van der Waals surface area contributed by atoms with Crippen LogP contribution in [0.3, 0.4) is 0 Å². The summed E-state index contributed by atoms with van der Waals surface area (Å²) in [5.41, 5.74) is 4.88. The van der Waals surface area contributed by atoms with E-state index in [1.165, 1.54) is 18.1 Å². The number of carbonyl (C=O) groups excluding carboxylic acids is 2. The second-order valence-corrected chi connectivity index (χ2v) is 4.27. The summed E-state index contributed by atoms with van der Waals surface area (Å²) < 4.78 is 0. The highest BCUT2D eigenvalue weighted by molar-refractivity contribution is 6.06. The van der Waals surface area contributed by atoms with Crippen LogP contribution in [0.15, 0.2) is 12.1 Å². The Morgan fingerprint density at radius 3 is 2.79 bits per heavy atom. The van der Waals surface area contributed by atoms with Crippen molar-refractivity contribution in [2.24, 2.45) is 0 Å². The van der Waals surface area contributed by atoms with Crippen LogP contribution in [0.25, 0.3) is 0 Å². The zero-order chi connectivity index (χ0) is 14.0. The van der Waals surface area contributed by atoms with Crippen molar-refractivity contribution >= 4 is 17.5 Å². The molecule has 0 saturated carbocycles. The minimum absolute atomic E-state index is 0.0852. The zero-order valence-electron chi connectivity index (χ0n) is 10.8. The van der Waals surface area contributed by atoms with Gasteiger partial charge in [-0.05, 0) is 24.6 Å². The van der Waals surface area contributed by atoms with Gasteiger partial charge in [0.2, 0.25) is 5.91 Å². The summed E-state index contributed by atoms with van der Waals surface area (Å²) in [6, 6.07) is 5.17. The Hall–Kier alpha value is -2.39. The van der Waals surface area contributed by atoms with Crippen LogP contribution in [0.4, 0.5) is 5.69 Å². The van der Waals surface area contributed by atoms with E-state index in [-0.39, 0.29) is 11.8 Å². The Balaban J connectivity index is 2.61. The van der Waals surface area contributed by atoms with Crippen molar-refractivity contribution < 1.29 is 9.59 Å². The zero-order valence-corrected chi connectivity index (χ0v) is 10.8. The topological polar surface area (TPSA) is 85.2 Å². The van der Waals surface area contributed by atoms with E-state index in [1.807, 2.05) is 6.07 Å². The highest BCUT2D eigenvalue weighted by Gasteiger charge is 2.27. The smallest absolute Gasteiger partial charge is 0.253 e. The maximum absolute atomic E-state index is 11.9. The van der Waals surface area contributed by atoms with E-state index in [2.05, 4.69) is 10.7 Å². The number of anilines is 1. The molecule has 19 heavy (non-hydrogen) atoms. The molecule has 6 nitrogen and oxygen atoms in total. The van der Waals surface area contributed by atoms with Gasteiger partial charge in [0.1, 0.15) is 0 Å². The molecule has 1 aromatic rings. The molecule has 1 saturated heterocycles. The van der Waals surface area contributed by atoms with Crippen molar-refractivity contribution in [3.63, 3.8) is 0 Å². The molecule has 0 aliphatic carbocycles. The monoisotopic (exact) mass is 258 g/mol. The van der Waals surface area contributed by atoms with Crippen molar-refractivity contribution in [2.45, 2.75) is 13.3 Å². The number of benzene rings is 1. The summed E-state index contributed by atoms with van der Waals surface area (Å²) in [5, 5.41) is 12.9. The Morgan fingerprint density at radius 2 is 2.26 bits per heavy atom. The molecule has 0 bridgehead atoms. The van der Waals surface area contributed by atoms with Gasteiger partial charge in [0.15, 0.2) is 0 Å². The second kappa shape index (κ2) is 5.08. The van der Waals surface area contributed by atoms with Gasteiger partial charge < -0.3 is 5.32 Å². The fourth-order valence-corrected chi connectivity index (χ4v) is 2.13. The number of aryl methyl sites for hydroxylation is 1. The molecule has 0 aromatic heterocycles. The van der Waals surface area contributed by atoms with Crippen LogP contribution in [-0.2, 0) is 4.79 Å². The van der Waals surface area contributed by atoms with E-state index < -0.39 is 0 Å². The summed E-state index contributed by atoms with van der Waals surface area (Å²) >= 11 is 0. The third kappa shape index (κ3) is 2.28. The molecule has 1 heterocycles. The first-order chi connectivity index (χ1) is 9.08. The average molecular weight is 258 g/mol. The highest BCUT2D eigenvalue weighted by Crippen LogP contribution is 2.27. The minimum atomic E-state index is -0.323. The summed E-state index contributed by atoms with van der Waals surface area (Å²) in [5.74, 6) is -0.408. The third-order valence-electron chi connectivity index (χ3n) is 2.98. The van der Waals surface area contributed by atoms with Crippen molar-refractivity contribution in [2.75, 3.05) is 18.6 Å². The summed E-state index contributed by atoms with van der Waals surface area (Å²) in [4.78, 5) is 23.7. The van der Waals surface area contributed by atoms with Crippen molar-refractivity contribution in [1.82, 2.24) is 10.7 Å². The van der Waals surface area contributed by atoms with E-state index in [9.17, 15) is 9.59 Å². The summed E-state index contributed by atoms with van der Waals surface area (Å²) in [7, 11) is 1.51. The van der Waals surface area contributed by atoms with Gasteiger partial charge in [0.25, 0.3) is 5.91 Å². The first-order valence-corrected chi connectivity index (χ1v) is 5.91. The lowest BCUT2D eigenvalue weighted by atomic mass is 10.0. The maximum atomic E-state index is 11.9. The van der Waals surface area contributed by atoms with Crippen LogP contribution >= 0.6 is 0 Å². The first-order valence-electron chi connectivity index (χ1n) is 5.91. The quantitative estimate of drug-likeness (QED) is 0.807. The number of hydrogen-bond acceptors (Lipinski definition) is 4. The SMILES string of the molecule is CNC(=O)c1cc(C#N)cc(C)c1N1NCCC1=O. The molecule has 1 aliphatic rings. The van der Waals surface area contributed by atoms with Crippen LogP contribution in [0, 0.1) is 18.3 Å². The molecule has 0 unspecified atom stereocenters. The van der Waals surface area contributed by atoms with Crippen molar-refractivity contribution in [3.8, 4) is 6.07 Å². The first kappa shape index (κ1) is 13.1. The number of rotatable bonds is 2. The lowest BCUT2D eigenvalue weighted by Gasteiger charge is -2.21. The van der Waals surface area contributed by atoms with Gasteiger partial charge in [0, 0.05) is 20.0 Å². The standard InChI is InChI=1S/C13H14N4O2/c1-8-5-9(7-14)6-10(13(19)15-2)12(8)17-11(18)3-4-16-17/h5-6,16H,3-4H2,1-2H3,(H,15,19). The number of nitriles is 1. The van der Waals surface area contributed by atoms with Crippen LogP contribution < -0.4 is 15.8 Å². The predicted molar refractivity (Wildman–Crippen MR) is 69.4 cm³/mol. The van der Waals surface area contributed by atoms with E-state index in [1.54, 1.807) is 13.0 Å². The summed E-state index contributed by atoms with van der Waals surface area (Å²) in [6.07, 6.45) is 0.395. The van der Waals surface area contributed by atoms with E-state index in [4.69, 9.17) is 5.26 Å². The average Bonchev–Trinajstić information content (AvgIpc) is 2.82. The Morgan fingerprint density at radius 1 is 1.53 bits per heavy atom. The van der Waals surface area contributed by atoms with Crippen LogP contribution in [0.2, 0.25) is 0 Å². The van der Waals surface area contributed by atoms with Crippen molar-refractivity contribution in [1.29, 1.82) is 5.26 Å². The molecule has 1 aromatic carbocycles. The van der Waals surface area contributed by atoms with Crippen LogP contribution in [0.1, 0.15) is 27.9 Å². The van der Waals surface area contributed by atoms with E-state index >= 15 is 0 Å². The number of carbonyl (C=O) groups is 2. The van der Waals surface area contributed by atoms with Gasteiger partial charge in [-0.25, -0.2) is 10.4 Å². The molecule has 0 spiro atoms. The van der Waals surface area contributed by atoms with Crippen LogP contribution in [-0.4, -0.2) is 25.4 Å². The molecule has 0 radical (unpaired) electrons. The molecule has 2 rings (SSSR count). The molecular weight excluding hydrogens is 244 g/mol. The van der Waals surface area contributed by atoms with Crippen LogP contribution in [0.5, 0.6) is 0 Å². The molecular formula is C13H14N4O2. The molecule has 1 fully saturated rings. The minimum Gasteiger partial charge on any atom is -0.355 e. The molecule has 2 amide bonds. The Bertz CT molecular complexity index is 589. The second-order valence-electron chi connectivity index (χ2n) is 4.27. The van der Waals surface area contributed by atoms with Crippen molar-refractivity contribution in [3.05, 3.63) is 28.8 Å². The fraction of sp³-hybridized carbons (Fsp3) is 0.308. The number of nitrogens with one attached hydrogen (secondary N) is 2. The van der Waals surface area contributed by atoms with E-state index in [0.717, 1.165) is 0 Å². The number of amides is 2. The third-order valence-corrected chi connectivity index (χ3v) is 2.98. The lowest BCUT2D eigenvalue weighted by molar-refractivity contribution is -0.117. The highest BCUT2D eigenvalue weighted by atomic mass is 16.2. The largest absolute Gasteiger partial charge is 0.355 e. The normalized spacial score (nSPS) is 14.4. The van der Waals surface area contributed by atoms with Gasteiger partial charge >= 0.3 is 0 Å². The summed E-state index contributed by atoms with van der Waals surface area (Å²) in [6.45, 7) is 2.32. The maximum Gasteiger partial charge on any atom is 0.253 e. The van der Waals surface area contributed by atoms with Gasteiger partial charge in [-0.3, -0.25) is 9.59 Å². The molecule has 98 valence electrons. The Kier molecular flexibility index (Phi) is 3.49. The number of hydrazine groups is 1. The lowest BCUT2D eigenvalue weighted by Crippen LogP contribution is -2.37. The predicted octanol–water partition coefficient (Wildman–Crippen LogP) is 0.468. The van der Waals surface area contributed by atoms with Gasteiger partial charge in [-0.15, -0.1) is 0 Å². The van der Waals surface area contributed by atoms with Gasteiger partial charge in [-0.1, -0.05) is 0 Å². The molecule has 6 heteroatoms. The fourth-order valence-electron chi connectivity index (χ4n) is 2.13. The van der Waals surface area contributed by atoms with Gasteiger partial charge in [0.05, 0.1) is 22.9 Å². The molecule has 2 N–H and O–H groups in total. The number of hydrogen-bond donors (Lipinski definition) is 2. The van der Waals surface area contributed by atoms with E-state index in [0.29, 0.717) is 35.3 Å². The molecule has 0 atom stereocenters. The number of nitrogens with zero attached hydrogens (tertiary/aromatic N) is 2.